The third kappa shape index (κ3) is 7.00. The van der Waals surface area contributed by atoms with Gasteiger partial charge in [0.1, 0.15) is 5.75 Å². The van der Waals surface area contributed by atoms with Crippen molar-refractivity contribution in [1.82, 2.24) is 0 Å². The van der Waals surface area contributed by atoms with Crippen molar-refractivity contribution < 1.29 is 17.9 Å². The molecule has 0 saturated carbocycles. The summed E-state index contributed by atoms with van der Waals surface area (Å²) in [4.78, 5) is 12.2. The quantitative estimate of drug-likeness (QED) is 0.408. The summed E-state index contributed by atoms with van der Waals surface area (Å²) in [5.74, 6) is 0.0907. The highest BCUT2D eigenvalue weighted by Gasteiger charge is 2.14. The Morgan fingerprint density at radius 1 is 0.906 bits per heavy atom. The van der Waals surface area contributed by atoms with E-state index < -0.39 is 10.0 Å². The average Bonchev–Trinajstić information content (AvgIpc) is 2.79. The van der Waals surface area contributed by atoms with Crippen LogP contribution in [0.25, 0.3) is 0 Å². The number of hydrogen-bond donors (Lipinski definition) is 2. The molecule has 32 heavy (non-hydrogen) atoms. The average molecular weight is 473 g/mol. The van der Waals surface area contributed by atoms with Gasteiger partial charge in [-0.3, -0.25) is 9.52 Å². The summed E-state index contributed by atoms with van der Waals surface area (Å²) in [6.07, 6.45) is 3.30. The maximum absolute atomic E-state index is 12.5. The molecule has 0 aliphatic heterocycles. The first-order valence-electron chi connectivity index (χ1n) is 10.3. The monoisotopic (exact) mass is 472 g/mol. The van der Waals surface area contributed by atoms with Crippen LogP contribution in [0, 0.1) is 0 Å². The third-order valence-electron chi connectivity index (χ3n) is 4.66. The summed E-state index contributed by atoms with van der Waals surface area (Å²) in [5.41, 5.74) is 2.35. The van der Waals surface area contributed by atoms with Crippen LogP contribution in [-0.2, 0) is 21.2 Å². The number of halogens is 1. The number of carbonyl (C=O) groups is 1. The van der Waals surface area contributed by atoms with Gasteiger partial charge in [-0.2, -0.15) is 0 Å². The zero-order valence-electron chi connectivity index (χ0n) is 17.7. The van der Waals surface area contributed by atoms with E-state index in [0.29, 0.717) is 22.1 Å². The molecule has 3 aromatic rings. The van der Waals surface area contributed by atoms with Crippen molar-refractivity contribution in [3.8, 4) is 5.75 Å². The molecule has 6 nitrogen and oxygen atoms in total. The first-order valence-corrected chi connectivity index (χ1v) is 12.1. The highest BCUT2D eigenvalue weighted by molar-refractivity contribution is 7.92. The molecule has 0 aliphatic rings. The predicted molar refractivity (Wildman–Crippen MR) is 128 cm³/mol. The topological polar surface area (TPSA) is 84.5 Å². The van der Waals surface area contributed by atoms with Crippen LogP contribution < -0.4 is 14.8 Å². The SMILES string of the molecule is CCCCc1ccc(NC(=O)COc2ccc(S(=O)(=O)Nc3ccc(Cl)cc3)cc2)cc1. The molecule has 0 radical (unpaired) electrons. The Morgan fingerprint density at radius 3 is 2.16 bits per heavy atom. The number of carbonyl (C=O) groups excluding carboxylic acids is 1. The summed E-state index contributed by atoms with van der Waals surface area (Å²) in [6, 6.07) is 20.0. The zero-order valence-corrected chi connectivity index (χ0v) is 19.2. The van der Waals surface area contributed by atoms with Gasteiger partial charge >= 0.3 is 0 Å². The van der Waals surface area contributed by atoms with E-state index in [4.69, 9.17) is 16.3 Å². The molecule has 3 aromatic carbocycles. The van der Waals surface area contributed by atoms with Gasteiger partial charge in [-0.1, -0.05) is 37.1 Å². The molecule has 0 spiro atoms. The highest BCUT2D eigenvalue weighted by Crippen LogP contribution is 2.21. The lowest BCUT2D eigenvalue weighted by Crippen LogP contribution is -2.20. The van der Waals surface area contributed by atoms with E-state index in [1.54, 1.807) is 24.3 Å². The van der Waals surface area contributed by atoms with Crippen LogP contribution in [0.15, 0.2) is 77.7 Å². The van der Waals surface area contributed by atoms with Gasteiger partial charge in [0.05, 0.1) is 4.90 Å². The number of benzene rings is 3. The van der Waals surface area contributed by atoms with E-state index in [0.717, 1.165) is 19.3 Å². The van der Waals surface area contributed by atoms with Gasteiger partial charge in [-0.25, -0.2) is 8.42 Å². The van der Waals surface area contributed by atoms with E-state index in [9.17, 15) is 13.2 Å². The molecule has 0 saturated heterocycles. The lowest BCUT2D eigenvalue weighted by molar-refractivity contribution is -0.118. The van der Waals surface area contributed by atoms with Crippen LogP contribution in [0.2, 0.25) is 5.02 Å². The maximum Gasteiger partial charge on any atom is 0.262 e. The Balaban J connectivity index is 1.51. The lowest BCUT2D eigenvalue weighted by Gasteiger charge is -2.10. The van der Waals surface area contributed by atoms with E-state index in [1.165, 1.54) is 29.8 Å². The van der Waals surface area contributed by atoms with E-state index in [-0.39, 0.29) is 17.4 Å². The van der Waals surface area contributed by atoms with Gasteiger partial charge in [0.25, 0.3) is 15.9 Å². The Hall–Kier alpha value is -3.03. The van der Waals surface area contributed by atoms with Crippen LogP contribution in [-0.4, -0.2) is 20.9 Å². The second-order valence-electron chi connectivity index (χ2n) is 7.22. The van der Waals surface area contributed by atoms with Crippen molar-refractivity contribution >= 4 is 38.9 Å². The number of amides is 1. The first-order chi connectivity index (χ1) is 15.4. The van der Waals surface area contributed by atoms with Gasteiger partial charge in [0.2, 0.25) is 0 Å². The van der Waals surface area contributed by atoms with Crippen molar-refractivity contribution in [3.63, 3.8) is 0 Å². The fourth-order valence-electron chi connectivity index (χ4n) is 2.93. The third-order valence-corrected chi connectivity index (χ3v) is 6.31. The fraction of sp³-hybridized carbons (Fsp3) is 0.208. The van der Waals surface area contributed by atoms with Crippen LogP contribution >= 0.6 is 11.6 Å². The van der Waals surface area contributed by atoms with Crippen molar-refractivity contribution in [2.24, 2.45) is 0 Å². The van der Waals surface area contributed by atoms with Crippen LogP contribution in [0.5, 0.6) is 5.75 Å². The highest BCUT2D eigenvalue weighted by atomic mass is 35.5. The van der Waals surface area contributed by atoms with E-state index in [1.807, 2.05) is 24.3 Å². The molecule has 0 fully saturated rings. The predicted octanol–water partition coefficient (Wildman–Crippen LogP) is 5.50. The van der Waals surface area contributed by atoms with Gasteiger partial charge < -0.3 is 10.1 Å². The smallest absolute Gasteiger partial charge is 0.262 e. The van der Waals surface area contributed by atoms with Gasteiger partial charge in [-0.05, 0) is 79.1 Å². The van der Waals surface area contributed by atoms with Gasteiger partial charge in [0, 0.05) is 16.4 Å². The summed E-state index contributed by atoms with van der Waals surface area (Å²) < 4.78 is 33.0. The molecule has 0 bridgehead atoms. The second kappa shape index (κ2) is 11.0. The van der Waals surface area contributed by atoms with Crippen molar-refractivity contribution in [1.29, 1.82) is 0 Å². The summed E-state index contributed by atoms with van der Waals surface area (Å²) >= 11 is 5.82. The zero-order chi connectivity index (χ0) is 23.0. The number of ether oxygens (including phenoxy) is 1. The summed E-state index contributed by atoms with van der Waals surface area (Å²) in [7, 11) is -3.75. The minimum atomic E-state index is -3.75. The van der Waals surface area contributed by atoms with E-state index in [2.05, 4.69) is 17.0 Å². The lowest BCUT2D eigenvalue weighted by atomic mass is 10.1. The molecule has 8 heteroatoms. The number of sulfonamides is 1. The molecule has 0 heterocycles. The Kier molecular flexibility index (Phi) is 8.14. The fourth-order valence-corrected chi connectivity index (χ4v) is 4.11. The molecular formula is C24H25ClN2O4S. The van der Waals surface area contributed by atoms with Crippen LogP contribution in [0.4, 0.5) is 11.4 Å². The molecule has 168 valence electrons. The largest absolute Gasteiger partial charge is 0.484 e. The molecule has 0 aromatic heterocycles. The number of aryl methyl sites for hydroxylation is 1. The first kappa shape index (κ1) is 23.6. The summed E-state index contributed by atoms with van der Waals surface area (Å²) in [6.45, 7) is 1.96. The van der Waals surface area contributed by atoms with Crippen molar-refractivity contribution in [2.75, 3.05) is 16.6 Å². The van der Waals surface area contributed by atoms with E-state index >= 15 is 0 Å². The van der Waals surface area contributed by atoms with Gasteiger partial charge in [0.15, 0.2) is 6.61 Å². The molecule has 0 unspecified atom stereocenters. The minimum absolute atomic E-state index is 0.0763. The Morgan fingerprint density at radius 2 is 1.53 bits per heavy atom. The number of hydrogen-bond acceptors (Lipinski definition) is 4. The molecule has 0 atom stereocenters. The van der Waals surface area contributed by atoms with Crippen molar-refractivity contribution in [3.05, 3.63) is 83.4 Å². The standard InChI is InChI=1S/C24H25ClN2O4S/c1-2-3-4-18-5-9-20(10-6-18)26-24(28)17-31-22-13-15-23(16-14-22)32(29,30)27-21-11-7-19(25)8-12-21/h5-16,27H,2-4,17H2,1H3,(H,26,28). The molecule has 0 aliphatic carbocycles. The molecule has 1 amide bonds. The molecule has 2 N–H and O–H groups in total. The molecular weight excluding hydrogens is 448 g/mol. The minimum Gasteiger partial charge on any atom is -0.484 e. The number of anilines is 2. The number of nitrogens with one attached hydrogen (secondary N) is 2. The van der Waals surface area contributed by atoms with Crippen LogP contribution in [0.3, 0.4) is 0 Å². The Bertz CT molecular complexity index is 1130. The second-order valence-corrected chi connectivity index (χ2v) is 9.34. The Labute approximate surface area is 193 Å². The normalized spacial score (nSPS) is 11.1. The maximum atomic E-state index is 12.5. The number of unbranched alkanes of at least 4 members (excludes halogenated alkanes) is 1. The van der Waals surface area contributed by atoms with Gasteiger partial charge in [-0.15, -0.1) is 0 Å². The van der Waals surface area contributed by atoms with Crippen LogP contribution in [0.1, 0.15) is 25.3 Å². The molecule has 3 rings (SSSR count). The summed E-state index contributed by atoms with van der Waals surface area (Å²) in [5, 5.41) is 3.30. The van der Waals surface area contributed by atoms with Crippen molar-refractivity contribution in [2.45, 2.75) is 31.1 Å². The number of rotatable bonds is 10.